The zero-order valence-corrected chi connectivity index (χ0v) is 12.7. The van der Waals surface area contributed by atoms with Crippen LogP contribution in [0.3, 0.4) is 0 Å². The number of anilines is 1. The summed E-state index contributed by atoms with van der Waals surface area (Å²) in [5.41, 5.74) is 1.91. The van der Waals surface area contributed by atoms with E-state index >= 15 is 0 Å². The lowest BCUT2D eigenvalue weighted by Crippen LogP contribution is -2.05. The molecular weight excluding hydrogens is 286 g/mol. The summed E-state index contributed by atoms with van der Waals surface area (Å²) in [5, 5.41) is 13.2. The fourth-order valence-electron chi connectivity index (χ4n) is 2.17. The Morgan fingerprint density at radius 2 is 2.10 bits per heavy atom. The first-order valence-corrected chi connectivity index (χ1v) is 7.67. The molecule has 0 saturated heterocycles. The first-order chi connectivity index (χ1) is 10.2. The van der Waals surface area contributed by atoms with Crippen molar-refractivity contribution in [3.05, 3.63) is 35.0 Å². The van der Waals surface area contributed by atoms with Gasteiger partial charge in [0.05, 0.1) is 5.02 Å². The number of benzene rings is 1. The Hall–Kier alpha value is -1.81. The third-order valence-corrected chi connectivity index (χ3v) is 3.81. The number of phenolic OH excluding ortho intramolecular Hbond substituents is 1. The van der Waals surface area contributed by atoms with Crippen LogP contribution in [0.25, 0.3) is 11.4 Å². The fraction of sp³-hybridized carbons (Fsp3) is 0.375. The van der Waals surface area contributed by atoms with Gasteiger partial charge in [0.15, 0.2) is 5.82 Å². The number of aromatic hydroxyl groups is 1. The van der Waals surface area contributed by atoms with E-state index in [1.54, 1.807) is 18.2 Å². The van der Waals surface area contributed by atoms with Gasteiger partial charge in [-0.25, -0.2) is 9.97 Å². The summed E-state index contributed by atoms with van der Waals surface area (Å²) in [6.45, 7) is 3.01. The molecular formula is C16H18ClN3O. The second-order valence-corrected chi connectivity index (χ2v) is 5.78. The van der Waals surface area contributed by atoms with Crippen molar-refractivity contribution in [2.75, 3.05) is 11.9 Å². The van der Waals surface area contributed by atoms with Gasteiger partial charge >= 0.3 is 0 Å². The quantitative estimate of drug-likeness (QED) is 0.869. The maximum Gasteiger partial charge on any atom is 0.161 e. The molecule has 0 aliphatic heterocycles. The van der Waals surface area contributed by atoms with Crippen molar-refractivity contribution in [2.24, 2.45) is 0 Å². The van der Waals surface area contributed by atoms with Crippen LogP contribution in [-0.4, -0.2) is 21.6 Å². The van der Waals surface area contributed by atoms with E-state index in [0.29, 0.717) is 16.8 Å². The van der Waals surface area contributed by atoms with E-state index in [0.717, 1.165) is 30.0 Å². The molecule has 0 unspecified atom stereocenters. The molecule has 0 radical (unpaired) electrons. The maximum atomic E-state index is 9.53. The SMILES string of the molecule is CCCNc1cc(C2CC2)nc(-c2ccc(O)c(Cl)c2)n1. The number of hydrogen-bond acceptors (Lipinski definition) is 4. The summed E-state index contributed by atoms with van der Waals surface area (Å²) < 4.78 is 0. The van der Waals surface area contributed by atoms with Crippen LogP contribution >= 0.6 is 11.6 Å². The predicted molar refractivity (Wildman–Crippen MR) is 84.9 cm³/mol. The highest BCUT2D eigenvalue weighted by molar-refractivity contribution is 6.32. The third-order valence-electron chi connectivity index (χ3n) is 3.50. The van der Waals surface area contributed by atoms with Gasteiger partial charge in [0.25, 0.3) is 0 Å². The first-order valence-electron chi connectivity index (χ1n) is 7.29. The zero-order chi connectivity index (χ0) is 14.8. The lowest BCUT2D eigenvalue weighted by Gasteiger charge is -2.10. The molecule has 1 aromatic heterocycles. The minimum absolute atomic E-state index is 0.0723. The minimum atomic E-state index is 0.0723. The van der Waals surface area contributed by atoms with Gasteiger partial charge in [-0.2, -0.15) is 0 Å². The predicted octanol–water partition coefficient (Wildman–Crippen LogP) is 4.20. The normalized spacial score (nSPS) is 14.2. The number of nitrogens with one attached hydrogen (secondary N) is 1. The Morgan fingerprint density at radius 3 is 2.76 bits per heavy atom. The first kappa shape index (κ1) is 14.1. The molecule has 1 aliphatic carbocycles. The number of rotatable bonds is 5. The molecule has 2 N–H and O–H groups in total. The molecule has 0 atom stereocenters. The molecule has 1 fully saturated rings. The molecule has 3 rings (SSSR count). The third kappa shape index (κ3) is 3.27. The number of nitrogens with zero attached hydrogens (tertiary/aromatic N) is 2. The Labute approximate surface area is 129 Å². The van der Waals surface area contributed by atoms with E-state index in [-0.39, 0.29) is 5.75 Å². The molecule has 0 spiro atoms. The summed E-state index contributed by atoms with van der Waals surface area (Å²) in [4.78, 5) is 9.21. The number of hydrogen-bond donors (Lipinski definition) is 2. The Morgan fingerprint density at radius 1 is 1.29 bits per heavy atom. The molecule has 0 bridgehead atoms. The summed E-state index contributed by atoms with van der Waals surface area (Å²) in [5.74, 6) is 2.14. The van der Waals surface area contributed by atoms with Crippen LogP contribution < -0.4 is 5.32 Å². The van der Waals surface area contributed by atoms with Gasteiger partial charge < -0.3 is 10.4 Å². The Balaban J connectivity index is 1.99. The number of phenols is 1. The van der Waals surface area contributed by atoms with Crippen LogP contribution in [0.15, 0.2) is 24.3 Å². The second kappa shape index (κ2) is 5.90. The largest absolute Gasteiger partial charge is 0.506 e. The van der Waals surface area contributed by atoms with Crippen LogP contribution in [0.4, 0.5) is 5.82 Å². The standard InChI is InChI=1S/C16H18ClN3O/c1-2-7-18-15-9-13(10-3-4-10)19-16(20-15)11-5-6-14(21)12(17)8-11/h5-6,8-10,21H,2-4,7H2,1H3,(H,18,19,20). The fourth-order valence-corrected chi connectivity index (χ4v) is 2.35. The van der Waals surface area contributed by atoms with E-state index in [2.05, 4.69) is 22.2 Å². The van der Waals surface area contributed by atoms with Crippen LogP contribution in [0.1, 0.15) is 37.8 Å². The average molecular weight is 304 g/mol. The minimum Gasteiger partial charge on any atom is -0.506 e. The van der Waals surface area contributed by atoms with E-state index in [1.807, 2.05) is 6.07 Å². The molecule has 110 valence electrons. The highest BCUT2D eigenvalue weighted by Gasteiger charge is 2.26. The van der Waals surface area contributed by atoms with E-state index in [9.17, 15) is 5.11 Å². The lowest BCUT2D eigenvalue weighted by atomic mass is 10.2. The zero-order valence-electron chi connectivity index (χ0n) is 11.9. The molecule has 1 heterocycles. The van der Waals surface area contributed by atoms with Crippen molar-refractivity contribution in [1.82, 2.24) is 9.97 Å². The smallest absolute Gasteiger partial charge is 0.161 e. The molecule has 21 heavy (non-hydrogen) atoms. The van der Waals surface area contributed by atoms with Crippen LogP contribution in [-0.2, 0) is 0 Å². The molecule has 1 saturated carbocycles. The average Bonchev–Trinajstić information content (AvgIpc) is 3.32. The molecule has 5 heteroatoms. The lowest BCUT2D eigenvalue weighted by molar-refractivity contribution is 0.475. The summed E-state index contributed by atoms with van der Waals surface area (Å²) >= 11 is 5.98. The van der Waals surface area contributed by atoms with E-state index in [4.69, 9.17) is 11.6 Å². The summed E-state index contributed by atoms with van der Waals surface area (Å²) in [6.07, 6.45) is 3.43. The summed E-state index contributed by atoms with van der Waals surface area (Å²) in [6, 6.07) is 7.10. The molecule has 1 aromatic carbocycles. The van der Waals surface area contributed by atoms with Crippen LogP contribution in [0, 0.1) is 0 Å². The van der Waals surface area contributed by atoms with Crippen LogP contribution in [0.2, 0.25) is 5.02 Å². The molecule has 2 aromatic rings. The number of halogens is 1. The van der Waals surface area contributed by atoms with Gasteiger partial charge in [-0.3, -0.25) is 0 Å². The highest BCUT2D eigenvalue weighted by Crippen LogP contribution is 2.40. The van der Waals surface area contributed by atoms with Crippen molar-refractivity contribution >= 4 is 17.4 Å². The van der Waals surface area contributed by atoms with Gasteiger partial charge in [-0.15, -0.1) is 0 Å². The van der Waals surface area contributed by atoms with Crippen LogP contribution in [0.5, 0.6) is 5.75 Å². The maximum absolute atomic E-state index is 9.53. The molecule has 1 aliphatic rings. The van der Waals surface area contributed by atoms with E-state index in [1.165, 1.54) is 12.8 Å². The van der Waals surface area contributed by atoms with Crippen molar-refractivity contribution in [2.45, 2.75) is 32.1 Å². The van der Waals surface area contributed by atoms with Crippen molar-refractivity contribution in [3.8, 4) is 17.1 Å². The number of aromatic nitrogens is 2. The summed E-state index contributed by atoms with van der Waals surface area (Å²) in [7, 11) is 0. The van der Waals surface area contributed by atoms with Crippen molar-refractivity contribution in [3.63, 3.8) is 0 Å². The van der Waals surface area contributed by atoms with Gasteiger partial charge in [-0.05, 0) is 37.5 Å². The van der Waals surface area contributed by atoms with Gasteiger partial charge in [0, 0.05) is 29.8 Å². The second-order valence-electron chi connectivity index (χ2n) is 5.37. The van der Waals surface area contributed by atoms with Crippen molar-refractivity contribution < 1.29 is 5.11 Å². The van der Waals surface area contributed by atoms with Gasteiger partial charge in [0.1, 0.15) is 11.6 Å². The van der Waals surface area contributed by atoms with Crippen molar-refractivity contribution in [1.29, 1.82) is 0 Å². The Bertz CT molecular complexity index is 656. The Kier molecular flexibility index (Phi) is 3.97. The van der Waals surface area contributed by atoms with Gasteiger partial charge in [0.2, 0.25) is 0 Å². The molecule has 4 nitrogen and oxygen atoms in total. The van der Waals surface area contributed by atoms with Gasteiger partial charge in [-0.1, -0.05) is 18.5 Å². The monoisotopic (exact) mass is 303 g/mol. The van der Waals surface area contributed by atoms with E-state index < -0.39 is 0 Å². The highest BCUT2D eigenvalue weighted by atomic mass is 35.5. The topological polar surface area (TPSA) is 58.0 Å². The molecule has 0 amide bonds.